The molecule has 0 aromatic heterocycles. The predicted molar refractivity (Wildman–Crippen MR) is 54.6 cm³/mol. The Kier molecular flexibility index (Phi) is 3.89. The van der Waals surface area contributed by atoms with Crippen molar-refractivity contribution in [3.63, 3.8) is 0 Å². The number of hydrogen-bond donors (Lipinski definition) is 2. The maximum absolute atomic E-state index is 11.8. The molecule has 4 heteroatoms. The van der Waals surface area contributed by atoms with E-state index in [9.17, 15) is 4.79 Å². The van der Waals surface area contributed by atoms with Gasteiger partial charge in [0.05, 0.1) is 18.7 Å². The van der Waals surface area contributed by atoms with Gasteiger partial charge < -0.3 is 15.7 Å². The van der Waals surface area contributed by atoms with E-state index in [1.54, 1.807) is 4.90 Å². The molecule has 82 valence electrons. The van der Waals surface area contributed by atoms with Crippen molar-refractivity contribution in [3.05, 3.63) is 0 Å². The van der Waals surface area contributed by atoms with Crippen molar-refractivity contribution >= 4 is 5.91 Å². The van der Waals surface area contributed by atoms with E-state index in [4.69, 9.17) is 10.8 Å². The molecule has 1 rings (SSSR count). The maximum Gasteiger partial charge on any atom is 0.240 e. The predicted octanol–water partition coefficient (Wildman–Crippen LogP) is -0.0470. The molecule has 14 heavy (non-hydrogen) atoms. The molecule has 1 aliphatic rings. The standard InChI is InChI=1S/C10H20N2O2/c1-7(2)9(11)10(14)12-5-3-4-8(12)6-13/h7-9,13H,3-6,11H2,1-2H3/t8-,9-/m1/s1. The first kappa shape index (κ1) is 11.5. The van der Waals surface area contributed by atoms with Crippen LogP contribution in [0.1, 0.15) is 26.7 Å². The number of carbonyl (C=O) groups is 1. The summed E-state index contributed by atoms with van der Waals surface area (Å²) in [7, 11) is 0. The molecule has 0 aromatic carbocycles. The van der Waals surface area contributed by atoms with Crippen molar-refractivity contribution in [2.75, 3.05) is 13.2 Å². The minimum Gasteiger partial charge on any atom is -0.394 e. The zero-order valence-corrected chi connectivity index (χ0v) is 8.94. The third-order valence-corrected chi connectivity index (χ3v) is 2.87. The van der Waals surface area contributed by atoms with Gasteiger partial charge in [0.1, 0.15) is 0 Å². The van der Waals surface area contributed by atoms with Crippen molar-refractivity contribution in [2.24, 2.45) is 11.7 Å². The van der Waals surface area contributed by atoms with Crippen LogP contribution in [0.25, 0.3) is 0 Å². The van der Waals surface area contributed by atoms with E-state index in [0.717, 1.165) is 19.4 Å². The molecule has 1 aliphatic heterocycles. The Hall–Kier alpha value is -0.610. The smallest absolute Gasteiger partial charge is 0.240 e. The summed E-state index contributed by atoms with van der Waals surface area (Å²) in [6.07, 6.45) is 1.87. The van der Waals surface area contributed by atoms with E-state index in [2.05, 4.69) is 0 Å². The van der Waals surface area contributed by atoms with Gasteiger partial charge in [-0.2, -0.15) is 0 Å². The fourth-order valence-corrected chi connectivity index (χ4v) is 1.79. The van der Waals surface area contributed by atoms with Crippen LogP contribution in [0.2, 0.25) is 0 Å². The van der Waals surface area contributed by atoms with Gasteiger partial charge in [0.2, 0.25) is 5.91 Å². The first-order chi connectivity index (χ1) is 6.57. The summed E-state index contributed by atoms with van der Waals surface area (Å²) in [4.78, 5) is 13.6. The van der Waals surface area contributed by atoms with Crippen molar-refractivity contribution < 1.29 is 9.90 Å². The molecule has 0 bridgehead atoms. The minimum atomic E-state index is -0.429. The second-order valence-corrected chi connectivity index (χ2v) is 4.28. The van der Waals surface area contributed by atoms with Crippen LogP contribution in [0.15, 0.2) is 0 Å². The van der Waals surface area contributed by atoms with Crippen LogP contribution in [0.5, 0.6) is 0 Å². The van der Waals surface area contributed by atoms with E-state index < -0.39 is 6.04 Å². The molecule has 1 saturated heterocycles. The molecule has 1 amide bonds. The van der Waals surface area contributed by atoms with Gasteiger partial charge in [-0.05, 0) is 18.8 Å². The summed E-state index contributed by atoms with van der Waals surface area (Å²) in [5, 5.41) is 9.07. The summed E-state index contributed by atoms with van der Waals surface area (Å²) in [5.41, 5.74) is 5.78. The monoisotopic (exact) mass is 200 g/mol. The van der Waals surface area contributed by atoms with Gasteiger partial charge in [0.15, 0.2) is 0 Å². The minimum absolute atomic E-state index is 0.00713. The van der Waals surface area contributed by atoms with E-state index >= 15 is 0 Å². The van der Waals surface area contributed by atoms with Crippen molar-refractivity contribution in [3.8, 4) is 0 Å². The van der Waals surface area contributed by atoms with Crippen molar-refractivity contribution in [2.45, 2.75) is 38.8 Å². The van der Waals surface area contributed by atoms with Gasteiger partial charge in [-0.25, -0.2) is 0 Å². The lowest BCUT2D eigenvalue weighted by molar-refractivity contribution is -0.135. The Bertz CT molecular complexity index is 206. The number of rotatable bonds is 3. The Morgan fingerprint density at radius 2 is 2.29 bits per heavy atom. The van der Waals surface area contributed by atoms with E-state index in [0.29, 0.717) is 0 Å². The average molecular weight is 200 g/mol. The quantitative estimate of drug-likeness (QED) is 0.671. The molecular weight excluding hydrogens is 180 g/mol. The molecule has 0 unspecified atom stereocenters. The third-order valence-electron chi connectivity index (χ3n) is 2.87. The molecule has 0 radical (unpaired) electrons. The van der Waals surface area contributed by atoms with E-state index in [1.807, 2.05) is 13.8 Å². The largest absolute Gasteiger partial charge is 0.394 e. The van der Waals surface area contributed by atoms with Gasteiger partial charge in [-0.3, -0.25) is 4.79 Å². The van der Waals surface area contributed by atoms with Crippen molar-refractivity contribution in [1.29, 1.82) is 0 Å². The van der Waals surface area contributed by atoms with Gasteiger partial charge in [-0.15, -0.1) is 0 Å². The van der Waals surface area contributed by atoms with Gasteiger partial charge in [0.25, 0.3) is 0 Å². The summed E-state index contributed by atoms with van der Waals surface area (Å²) in [6.45, 7) is 4.67. The highest BCUT2D eigenvalue weighted by Crippen LogP contribution is 2.18. The summed E-state index contributed by atoms with van der Waals surface area (Å²) in [5.74, 6) is 0.138. The molecule has 2 atom stereocenters. The lowest BCUT2D eigenvalue weighted by Crippen LogP contribution is -2.49. The summed E-state index contributed by atoms with van der Waals surface area (Å²) < 4.78 is 0. The van der Waals surface area contributed by atoms with E-state index in [-0.39, 0.29) is 24.5 Å². The highest BCUT2D eigenvalue weighted by molar-refractivity contribution is 5.82. The van der Waals surface area contributed by atoms with Crippen LogP contribution in [-0.4, -0.2) is 41.1 Å². The zero-order chi connectivity index (χ0) is 10.7. The van der Waals surface area contributed by atoms with Crippen LogP contribution in [0, 0.1) is 5.92 Å². The second-order valence-electron chi connectivity index (χ2n) is 4.28. The molecule has 0 saturated carbocycles. The second kappa shape index (κ2) is 4.75. The molecule has 0 aliphatic carbocycles. The number of carbonyl (C=O) groups excluding carboxylic acids is 1. The molecule has 0 spiro atoms. The number of nitrogens with zero attached hydrogens (tertiary/aromatic N) is 1. The van der Waals surface area contributed by atoms with Crippen LogP contribution >= 0.6 is 0 Å². The van der Waals surface area contributed by atoms with Crippen molar-refractivity contribution in [1.82, 2.24) is 4.90 Å². The topological polar surface area (TPSA) is 66.6 Å². The summed E-state index contributed by atoms with van der Waals surface area (Å²) >= 11 is 0. The SMILES string of the molecule is CC(C)[C@@H](N)C(=O)N1CCC[C@@H]1CO. The highest BCUT2D eigenvalue weighted by atomic mass is 16.3. The van der Waals surface area contributed by atoms with Gasteiger partial charge >= 0.3 is 0 Å². The van der Waals surface area contributed by atoms with Gasteiger partial charge in [-0.1, -0.05) is 13.8 Å². The molecule has 3 N–H and O–H groups in total. The van der Waals surface area contributed by atoms with E-state index in [1.165, 1.54) is 0 Å². The Morgan fingerprint density at radius 3 is 2.79 bits per heavy atom. The maximum atomic E-state index is 11.8. The number of likely N-dealkylation sites (tertiary alicyclic amines) is 1. The molecule has 4 nitrogen and oxygen atoms in total. The zero-order valence-electron chi connectivity index (χ0n) is 8.94. The Morgan fingerprint density at radius 1 is 1.64 bits per heavy atom. The lowest BCUT2D eigenvalue weighted by Gasteiger charge is -2.27. The Balaban J connectivity index is 2.59. The first-order valence-corrected chi connectivity index (χ1v) is 5.24. The number of aliphatic hydroxyl groups excluding tert-OH is 1. The molecular formula is C10H20N2O2. The van der Waals surface area contributed by atoms with Crippen LogP contribution in [0.3, 0.4) is 0 Å². The number of amides is 1. The normalized spacial score (nSPS) is 24.4. The molecule has 1 fully saturated rings. The third kappa shape index (κ3) is 2.25. The Labute approximate surface area is 85.1 Å². The highest BCUT2D eigenvalue weighted by Gasteiger charge is 2.31. The van der Waals surface area contributed by atoms with Crippen LogP contribution in [-0.2, 0) is 4.79 Å². The first-order valence-electron chi connectivity index (χ1n) is 5.24. The number of aliphatic hydroxyl groups is 1. The van der Waals surface area contributed by atoms with Crippen LogP contribution in [0.4, 0.5) is 0 Å². The fraction of sp³-hybridized carbons (Fsp3) is 0.900. The molecule has 0 aromatic rings. The number of nitrogens with two attached hydrogens (primary N) is 1. The average Bonchev–Trinajstić information content (AvgIpc) is 2.62. The van der Waals surface area contributed by atoms with Gasteiger partial charge in [0, 0.05) is 6.54 Å². The molecule has 1 heterocycles. The van der Waals surface area contributed by atoms with Crippen LogP contribution < -0.4 is 5.73 Å². The lowest BCUT2D eigenvalue weighted by atomic mass is 10.0. The fourth-order valence-electron chi connectivity index (χ4n) is 1.79. The number of hydrogen-bond acceptors (Lipinski definition) is 3. The summed E-state index contributed by atoms with van der Waals surface area (Å²) in [6, 6.07) is -0.436.